The van der Waals surface area contributed by atoms with Crippen LogP contribution in [0.15, 0.2) is 17.9 Å². The van der Waals surface area contributed by atoms with Crippen LogP contribution in [0.1, 0.15) is 23.5 Å². The zero-order valence-electron chi connectivity index (χ0n) is 15.0. The molecule has 2 aromatic rings. The topological polar surface area (TPSA) is 17.8 Å². The van der Waals surface area contributed by atoms with Gasteiger partial charge in [-0.3, -0.25) is 4.57 Å². The number of hydrogen-bond donors (Lipinski definition) is 0. The van der Waals surface area contributed by atoms with Crippen molar-refractivity contribution in [2.75, 3.05) is 13.3 Å². The van der Waals surface area contributed by atoms with Crippen LogP contribution in [0.5, 0.6) is 0 Å². The molecule has 0 aliphatic rings. The number of aromatic nitrogens is 2. The van der Waals surface area contributed by atoms with Gasteiger partial charge in [0.15, 0.2) is 0 Å². The third-order valence-corrected chi connectivity index (χ3v) is 5.13. The summed E-state index contributed by atoms with van der Waals surface area (Å²) >= 11 is 15.8. The molecule has 0 saturated heterocycles. The van der Waals surface area contributed by atoms with Gasteiger partial charge >= 0.3 is 46.0 Å². The second-order valence-corrected chi connectivity index (χ2v) is 10.8. The van der Waals surface area contributed by atoms with Crippen molar-refractivity contribution in [2.24, 2.45) is 0 Å². The maximum atomic E-state index is 13.1. The summed E-state index contributed by atoms with van der Waals surface area (Å²) in [5, 5.41) is 0.509. The van der Waals surface area contributed by atoms with Crippen molar-refractivity contribution in [1.82, 2.24) is 9.55 Å². The van der Waals surface area contributed by atoms with Crippen LogP contribution in [0.2, 0.25) is 10.2 Å². The van der Waals surface area contributed by atoms with E-state index < -0.39 is 13.4 Å². The van der Waals surface area contributed by atoms with E-state index in [2.05, 4.69) is 42.3 Å². The monoisotopic (exact) mass is 719 g/mol. The van der Waals surface area contributed by atoms with Gasteiger partial charge in [-0.1, -0.05) is 48.3 Å². The van der Waals surface area contributed by atoms with Crippen molar-refractivity contribution in [3.05, 3.63) is 45.1 Å². The number of halogens is 5. The Morgan fingerprint density at radius 2 is 1.85 bits per heavy atom. The van der Waals surface area contributed by atoms with E-state index in [1.807, 2.05) is 24.9 Å². The number of imidazole rings is 1. The van der Waals surface area contributed by atoms with Gasteiger partial charge in [-0.2, -0.15) is 8.78 Å². The first-order valence-corrected chi connectivity index (χ1v) is 26.6. The van der Waals surface area contributed by atoms with E-state index in [-0.39, 0.29) is 11.0 Å². The van der Waals surface area contributed by atoms with E-state index in [0.717, 1.165) is 32.9 Å². The Morgan fingerprint density at radius 1 is 1.27 bits per heavy atom. The van der Waals surface area contributed by atoms with Gasteiger partial charge < -0.3 is 0 Å². The van der Waals surface area contributed by atoms with Crippen molar-refractivity contribution < 1.29 is 30.6 Å². The molecule has 9 heteroatoms. The first-order chi connectivity index (χ1) is 12.0. The molecule has 0 aliphatic heterocycles. The van der Waals surface area contributed by atoms with Crippen LogP contribution in [0, 0.1) is 13.8 Å². The zero-order valence-corrected chi connectivity index (χ0v) is 25.1. The van der Waals surface area contributed by atoms with Gasteiger partial charge in [0, 0.05) is 10.6 Å². The standard InChI is InChI=1S/C17H19Cl2F2N2P.Hg.HI/c1-10-8-14(18)12(6-7-24(3,4)5)9-13(10)15-16(19)23(17(20)21)11(2)22-15;;/h6-9,17H,3H2,1-2,4-5H3;;1H/q;+1;/p-1/b7-6+;;. The summed E-state index contributed by atoms with van der Waals surface area (Å²) < 4.78 is 26.9. The molecule has 0 unspecified atom stereocenters. The van der Waals surface area contributed by atoms with Gasteiger partial charge in [0.1, 0.15) is 16.7 Å². The molecule has 139 valence electrons. The molecule has 0 saturated carbocycles. The first kappa shape index (κ1) is 24.6. The molecule has 0 spiro atoms. The van der Waals surface area contributed by atoms with E-state index in [1.165, 1.54) is 6.92 Å². The van der Waals surface area contributed by atoms with Gasteiger partial charge in [0.2, 0.25) is 0 Å². The molecule has 1 aromatic heterocycles. The van der Waals surface area contributed by atoms with Gasteiger partial charge in [0.25, 0.3) is 0 Å². The zero-order chi connectivity index (χ0) is 20.2. The van der Waals surface area contributed by atoms with Crippen LogP contribution in [0.3, 0.4) is 0 Å². The third kappa shape index (κ3) is 6.30. The fraction of sp³-hybridized carbons (Fsp3) is 0.294. The molecule has 0 atom stereocenters. The van der Waals surface area contributed by atoms with Crippen molar-refractivity contribution in [1.29, 1.82) is 0 Å². The van der Waals surface area contributed by atoms with E-state index >= 15 is 0 Å². The average Bonchev–Trinajstić information content (AvgIpc) is 2.82. The van der Waals surface area contributed by atoms with Crippen molar-refractivity contribution in [3.8, 4) is 11.3 Å². The summed E-state index contributed by atoms with van der Waals surface area (Å²) in [6, 6.07) is 3.62. The number of alkyl halides is 2. The maximum absolute atomic E-state index is 13.1. The SMILES string of the molecule is C=P(C)(C)/C=C/c1cc(-c2nc(C)n(C(F)F)c2Cl)c(C)cc1Cl.[I][Hg]. The number of rotatable bonds is 4. The Balaban J connectivity index is 0.00000163. The Kier molecular flexibility index (Phi) is 9.83. The quantitative estimate of drug-likeness (QED) is 0.183. The third-order valence-electron chi connectivity index (χ3n) is 3.48. The average molecular weight is 719 g/mol. The summed E-state index contributed by atoms with van der Waals surface area (Å²) in [4.78, 5) is 4.22. The van der Waals surface area contributed by atoms with E-state index in [4.69, 9.17) is 23.2 Å². The molecule has 1 aromatic carbocycles. The van der Waals surface area contributed by atoms with Crippen molar-refractivity contribution in [3.63, 3.8) is 0 Å². The first-order valence-electron chi connectivity index (χ1n) is 7.48. The predicted molar refractivity (Wildman–Crippen MR) is 117 cm³/mol. The van der Waals surface area contributed by atoms with Crippen LogP contribution in [-0.2, 0) is 21.8 Å². The van der Waals surface area contributed by atoms with Crippen LogP contribution < -0.4 is 0 Å². The van der Waals surface area contributed by atoms with Crippen LogP contribution in [0.25, 0.3) is 17.3 Å². The summed E-state index contributed by atoms with van der Waals surface area (Å²) in [5.41, 5.74) is 2.63. The predicted octanol–water partition coefficient (Wildman–Crippen LogP) is 7.43. The fourth-order valence-electron chi connectivity index (χ4n) is 2.27. The fourth-order valence-corrected chi connectivity index (χ4v) is 3.46. The minimum atomic E-state index is -2.73. The molecule has 26 heavy (non-hydrogen) atoms. The summed E-state index contributed by atoms with van der Waals surface area (Å²) in [7, 11) is 0. The van der Waals surface area contributed by atoms with E-state index in [0.29, 0.717) is 20.8 Å². The number of hydrogen-bond acceptors (Lipinski definition) is 1. The number of nitrogens with zero attached hydrogens (tertiary/aromatic N) is 2. The van der Waals surface area contributed by atoms with Gasteiger partial charge in [0.05, 0.1) is 0 Å². The molecular weight excluding hydrogens is 700 g/mol. The van der Waals surface area contributed by atoms with Gasteiger partial charge in [-0.15, -0.1) is 0 Å². The second kappa shape index (κ2) is 10.4. The van der Waals surface area contributed by atoms with E-state index in [1.54, 1.807) is 6.07 Å². The van der Waals surface area contributed by atoms with Crippen molar-refractivity contribution >= 4 is 60.1 Å². The summed E-state index contributed by atoms with van der Waals surface area (Å²) in [6.45, 7) is 3.42. The molecule has 0 amide bonds. The minimum absolute atomic E-state index is 0.0761. The Labute approximate surface area is 188 Å². The molecule has 0 fully saturated rings. The molecule has 2 nitrogen and oxygen atoms in total. The van der Waals surface area contributed by atoms with Gasteiger partial charge in [-0.25, -0.2) is 4.98 Å². The molecule has 2 rings (SSSR count). The molecule has 1 heterocycles. The van der Waals surface area contributed by atoms with Crippen LogP contribution in [0.4, 0.5) is 8.78 Å². The Hall–Kier alpha value is 0.575. The van der Waals surface area contributed by atoms with Crippen LogP contribution in [-0.4, -0.2) is 29.2 Å². The second-order valence-electron chi connectivity index (χ2n) is 6.23. The van der Waals surface area contributed by atoms with Crippen molar-refractivity contribution in [2.45, 2.75) is 20.4 Å². The van der Waals surface area contributed by atoms with Gasteiger partial charge in [-0.05, 0) is 50.4 Å². The number of benzene rings is 1. The Bertz CT molecular complexity index is 863. The number of aryl methyl sites for hydroxylation is 2. The normalized spacial score (nSPS) is 11.8. The summed E-state index contributed by atoms with van der Waals surface area (Å²) in [6.07, 6.45) is 6.04. The Morgan fingerprint density at radius 3 is 2.31 bits per heavy atom. The molecule has 0 N–H and O–H groups in total. The van der Waals surface area contributed by atoms with E-state index in [9.17, 15) is 8.78 Å². The summed E-state index contributed by atoms with van der Waals surface area (Å²) in [5.74, 6) is 2.21. The molecular formula is C17H19Cl2F2HgIN2P. The molecule has 0 bridgehead atoms. The van der Waals surface area contributed by atoms with Crippen LogP contribution >= 0.6 is 47.8 Å². The molecule has 0 aliphatic carbocycles. The molecule has 0 radical (unpaired) electrons.